The first kappa shape index (κ1) is 14.0. The quantitative estimate of drug-likeness (QED) is 0.756. The molecule has 1 heterocycles. The summed E-state index contributed by atoms with van der Waals surface area (Å²) in [5.41, 5.74) is 5.22. The molecule has 0 saturated carbocycles. The molecule has 1 amide bonds. The van der Waals surface area contributed by atoms with Crippen molar-refractivity contribution in [3.63, 3.8) is 0 Å². The highest BCUT2D eigenvalue weighted by molar-refractivity contribution is 6.04. The molecule has 0 saturated heterocycles. The first-order chi connectivity index (χ1) is 9.38. The van der Waals surface area contributed by atoms with E-state index in [9.17, 15) is 13.6 Å². The molecule has 0 fully saturated rings. The van der Waals surface area contributed by atoms with E-state index in [0.717, 1.165) is 17.8 Å². The van der Waals surface area contributed by atoms with Gasteiger partial charge in [-0.25, -0.2) is 8.78 Å². The largest absolute Gasteiger partial charge is 0.396 e. The molecule has 0 spiro atoms. The summed E-state index contributed by atoms with van der Waals surface area (Å²) >= 11 is 0. The number of nitrogens with zero attached hydrogens (tertiary/aromatic N) is 1. The van der Waals surface area contributed by atoms with E-state index in [1.165, 1.54) is 0 Å². The van der Waals surface area contributed by atoms with Gasteiger partial charge >= 0.3 is 0 Å². The van der Waals surface area contributed by atoms with Crippen LogP contribution in [0.25, 0.3) is 0 Å². The van der Waals surface area contributed by atoms with Gasteiger partial charge in [0, 0.05) is 11.8 Å². The predicted octanol–water partition coefficient (Wildman–Crippen LogP) is 2.65. The molecule has 7 heteroatoms. The Kier molecular flexibility index (Phi) is 3.69. The molecule has 0 aliphatic carbocycles. The molecule has 0 atom stereocenters. The summed E-state index contributed by atoms with van der Waals surface area (Å²) in [6, 6.07) is 3.23. The van der Waals surface area contributed by atoms with Gasteiger partial charge in [-0.15, -0.1) is 0 Å². The van der Waals surface area contributed by atoms with Gasteiger partial charge in [0.05, 0.1) is 11.3 Å². The lowest BCUT2D eigenvalue weighted by molar-refractivity contribution is 0.102. The van der Waals surface area contributed by atoms with E-state index < -0.39 is 28.8 Å². The molecule has 4 N–H and O–H groups in total. The maximum absolute atomic E-state index is 13.7. The number of hydrogen-bond acceptors (Lipinski definition) is 3. The highest BCUT2D eigenvalue weighted by Crippen LogP contribution is 2.20. The predicted molar refractivity (Wildman–Crippen MR) is 71.4 cm³/mol. The van der Waals surface area contributed by atoms with Crippen LogP contribution in [0.5, 0.6) is 0 Å². The Labute approximate surface area is 114 Å². The number of aromatic amines is 1. The number of anilines is 2. The van der Waals surface area contributed by atoms with Gasteiger partial charge in [-0.2, -0.15) is 5.10 Å². The molecule has 0 aliphatic heterocycles. The zero-order valence-corrected chi connectivity index (χ0v) is 11.0. The zero-order chi connectivity index (χ0) is 14.9. The van der Waals surface area contributed by atoms with E-state index >= 15 is 0 Å². The Morgan fingerprint density at radius 2 is 2.05 bits per heavy atom. The summed E-state index contributed by atoms with van der Waals surface area (Å²) < 4.78 is 26.9. The van der Waals surface area contributed by atoms with Crippen LogP contribution in [-0.2, 0) is 0 Å². The van der Waals surface area contributed by atoms with Gasteiger partial charge in [0.2, 0.25) is 0 Å². The lowest BCUT2D eigenvalue weighted by Crippen LogP contribution is -2.15. The minimum Gasteiger partial charge on any atom is -0.396 e. The van der Waals surface area contributed by atoms with E-state index in [0.29, 0.717) is 0 Å². The van der Waals surface area contributed by atoms with Crippen molar-refractivity contribution in [3.8, 4) is 0 Å². The number of benzene rings is 1. The smallest absolute Gasteiger partial charge is 0.260 e. The van der Waals surface area contributed by atoms with Crippen molar-refractivity contribution in [1.82, 2.24) is 10.2 Å². The number of aromatic nitrogens is 2. The molecule has 0 radical (unpaired) electrons. The highest BCUT2D eigenvalue weighted by Gasteiger charge is 2.17. The lowest BCUT2D eigenvalue weighted by Gasteiger charge is -2.05. The number of carbonyl (C=O) groups excluding carboxylic acids is 1. The van der Waals surface area contributed by atoms with Crippen LogP contribution in [-0.4, -0.2) is 16.1 Å². The van der Waals surface area contributed by atoms with Crippen LogP contribution < -0.4 is 11.1 Å². The van der Waals surface area contributed by atoms with Crippen LogP contribution >= 0.6 is 0 Å². The molecule has 20 heavy (non-hydrogen) atoms. The summed E-state index contributed by atoms with van der Waals surface area (Å²) in [5.74, 6) is -2.10. The van der Waals surface area contributed by atoms with E-state index in [4.69, 9.17) is 5.73 Å². The summed E-state index contributed by atoms with van der Waals surface area (Å²) in [6.45, 7) is 3.90. The standard InChI is InChI=1S/C13H14F2N4O/c1-6(2)10-5-11(19-18-10)17-13(20)8-3-7(14)4-9(16)12(8)15/h3-6H,16H2,1-2H3,(H2,17,18,19,20). The van der Waals surface area contributed by atoms with Gasteiger partial charge in [-0.05, 0) is 18.1 Å². The van der Waals surface area contributed by atoms with Crippen LogP contribution in [0.15, 0.2) is 18.2 Å². The monoisotopic (exact) mass is 280 g/mol. The maximum Gasteiger partial charge on any atom is 0.260 e. The summed E-state index contributed by atoms with van der Waals surface area (Å²) in [7, 11) is 0. The molecular formula is C13H14F2N4O. The van der Waals surface area contributed by atoms with Crippen molar-refractivity contribution >= 4 is 17.4 Å². The molecule has 106 valence electrons. The van der Waals surface area contributed by atoms with Gasteiger partial charge in [0.1, 0.15) is 5.82 Å². The Morgan fingerprint density at radius 3 is 2.65 bits per heavy atom. The van der Waals surface area contributed by atoms with Gasteiger partial charge < -0.3 is 11.1 Å². The first-order valence-corrected chi connectivity index (χ1v) is 5.99. The van der Waals surface area contributed by atoms with Crippen molar-refractivity contribution in [2.45, 2.75) is 19.8 Å². The molecule has 2 aromatic rings. The summed E-state index contributed by atoms with van der Waals surface area (Å²) in [6.07, 6.45) is 0. The van der Waals surface area contributed by atoms with Crippen LogP contribution in [0.2, 0.25) is 0 Å². The third-order valence-electron chi connectivity index (χ3n) is 2.77. The zero-order valence-electron chi connectivity index (χ0n) is 11.0. The minimum absolute atomic E-state index is 0.203. The average Bonchev–Trinajstić information content (AvgIpc) is 2.82. The van der Waals surface area contributed by atoms with Crippen molar-refractivity contribution in [2.75, 3.05) is 11.1 Å². The second-order valence-corrected chi connectivity index (χ2v) is 4.67. The highest BCUT2D eigenvalue weighted by atomic mass is 19.1. The van der Waals surface area contributed by atoms with E-state index in [1.54, 1.807) is 6.07 Å². The van der Waals surface area contributed by atoms with Crippen molar-refractivity contribution < 1.29 is 13.6 Å². The van der Waals surface area contributed by atoms with E-state index in [-0.39, 0.29) is 11.7 Å². The number of H-pyrrole nitrogens is 1. The van der Waals surface area contributed by atoms with Gasteiger partial charge in [-0.3, -0.25) is 9.89 Å². The first-order valence-electron chi connectivity index (χ1n) is 5.99. The number of halogens is 2. The molecule has 0 bridgehead atoms. The van der Waals surface area contributed by atoms with Crippen LogP contribution in [0, 0.1) is 11.6 Å². The molecule has 0 unspecified atom stereocenters. The van der Waals surface area contributed by atoms with E-state index in [2.05, 4.69) is 15.5 Å². The summed E-state index contributed by atoms with van der Waals surface area (Å²) in [5, 5.41) is 9.00. The number of nitrogens with two attached hydrogens (primary N) is 1. The second kappa shape index (κ2) is 5.28. The summed E-state index contributed by atoms with van der Waals surface area (Å²) in [4.78, 5) is 11.9. The third-order valence-corrected chi connectivity index (χ3v) is 2.77. The van der Waals surface area contributed by atoms with Crippen molar-refractivity contribution in [2.24, 2.45) is 0 Å². The SMILES string of the molecule is CC(C)c1cc(NC(=O)c2cc(F)cc(N)c2F)n[nH]1. The molecule has 1 aromatic heterocycles. The van der Waals surface area contributed by atoms with Gasteiger partial charge in [0.15, 0.2) is 11.6 Å². The van der Waals surface area contributed by atoms with Crippen molar-refractivity contribution in [1.29, 1.82) is 0 Å². The second-order valence-electron chi connectivity index (χ2n) is 4.67. The Morgan fingerprint density at radius 1 is 1.35 bits per heavy atom. The number of nitrogen functional groups attached to an aromatic ring is 1. The Hall–Kier alpha value is -2.44. The average molecular weight is 280 g/mol. The Balaban J connectivity index is 2.23. The number of amides is 1. The fourth-order valence-corrected chi connectivity index (χ4v) is 1.66. The van der Waals surface area contributed by atoms with E-state index in [1.807, 2.05) is 13.8 Å². The minimum atomic E-state index is -0.955. The lowest BCUT2D eigenvalue weighted by atomic mass is 10.1. The number of rotatable bonds is 3. The fourth-order valence-electron chi connectivity index (χ4n) is 1.66. The normalized spacial score (nSPS) is 10.8. The number of hydrogen-bond donors (Lipinski definition) is 3. The molecule has 0 aliphatic rings. The maximum atomic E-state index is 13.7. The molecule has 2 rings (SSSR count). The molecule has 1 aromatic carbocycles. The number of nitrogens with one attached hydrogen (secondary N) is 2. The topological polar surface area (TPSA) is 83.8 Å². The van der Waals surface area contributed by atoms with Crippen LogP contribution in [0.1, 0.15) is 35.8 Å². The van der Waals surface area contributed by atoms with Crippen LogP contribution in [0.4, 0.5) is 20.3 Å². The Bertz CT molecular complexity index is 652. The third kappa shape index (κ3) is 2.76. The number of carbonyl (C=O) groups is 1. The van der Waals surface area contributed by atoms with Gasteiger partial charge in [0.25, 0.3) is 5.91 Å². The van der Waals surface area contributed by atoms with Crippen LogP contribution in [0.3, 0.4) is 0 Å². The van der Waals surface area contributed by atoms with Crippen molar-refractivity contribution in [3.05, 3.63) is 41.1 Å². The molecule has 5 nitrogen and oxygen atoms in total. The van der Waals surface area contributed by atoms with Gasteiger partial charge in [-0.1, -0.05) is 13.8 Å². The fraction of sp³-hybridized carbons (Fsp3) is 0.231. The molecular weight excluding hydrogens is 266 g/mol.